The van der Waals surface area contributed by atoms with Crippen molar-refractivity contribution in [2.24, 2.45) is 0 Å². The summed E-state index contributed by atoms with van der Waals surface area (Å²) in [7, 11) is 1.56. The summed E-state index contributed by atoms with van der Waals surface area (Å²) < 4.78 is 11.0. The molecule has 2 aromatic carbocycles. The van der Waals surface area contributed by atoms with E-state index in [0.717, 1.165) is 11.1 Å². The molecule has 2 aromatic rings. The Kier molecular flexibility index (Phi) is 7.84. The average Bonchev–Trinajstić information content (AvgIpc) is 2.66. The van der Waals surface area contributed by atoms with Gasteiger partial charge in [0.25, 0.3) is 5.91 Å². The predicted octanol–water partition coefficient (Wildman–Crippen LogP) is 2.81. The summed E-state index contributed by atoms with van der Waals surface area (Å²) >= 11 is 0. The van der Waals surface area contributed by atoms with Crippen LogP contribution in [0.15, 0.2) is 48.5 Å². The summed E-state index contributed by atoms with van der Waals surface area (Å²) in [5.74, 6) is 0.890. The molecule has 28 heavy (non-hydrogen) atoms. The van der Waals surface area contributed by atoms with Crippen LogP contribution in [0.2, 0.25) is 0 Å². The highest BCUT2D eigenvalue weighted by molar-refractivity contribution is 5.78. The van der Waals surface area contributed by atoms with E-state index in [-0.39, 0.29) is 18.1 Å². The van der Waals surface area contributed by atoms with Crippen molar-refractivity contribution >= 4 is 5.91 Å². The van der Waals surface area contributed by atoms with Gasteiger partial charge >= 0.3 is 0 Å². The van der Waals surface area contributed by atoms with E-state index in [2.05, 4.69) is 10.6 Å². The molecule has 1 amide bonds. The maximum absolute atomic E-state index is 11.9. The molecule has 0 saturated carbocycles. The Hall–Kier alpha value is -2.57. The summed E-state index contributed by atoms with van der Waals surface area (Å²) in [5.41, 5.74) is 1.57. The zero-order chi connectivity index (χ0) is 20.6. The molecule has 3 N–H and O–H groups in total. The molecular weight excluding hydrogens is 356 g/mol. The SMILES string of the molecule is COc1cc(CNC[C@@H](O)c2ccccc2)ccc1OCC(=O)NC(C)(C)C. The van der Waals surface area contributed by atoms with E-state index in [1.807, 2.05) is 63.2 Å². The predicted molar refractivity (Wildman–Crippen MR) is 109 cm³/mol. The van der Waals surface area contributed by atoms with Crippen molar-refractivity contribution in [1.29, 1.82) is 0 Å². The van der Waals surface area contributed by atoms with Crippen molar-refractivity contribution in [1.82, 2.24) is 10.6 Å². The molecule has 0 aliphatic heterocycles. The number of rotatable bonds is 9. The maximum atomic E-state index is 11.9. The normalized spacial score (nSPS) is 12.3. The minimum absolute atomic E-state index is 0.0749. The van der Waals surface area contributed by atoms with Gasteiger partial charge in [0.05, 0.1) is 13.2 Å². The van der Waals surface area contributed by atoms with Crippen LogP contribution in [0.4, 0.5) is 0 Å². The Bertz CT molecular complexity index is 757. The molecule has 0 heterocycles. The first-order valence-electron chi connectivity index (χ1n) is 9.33. The van der Waals surface area contributed by atoms with E-state index in [1.165, 1.54) is 0 Å². The molecule has 0 bridgehead atoms. The third-order valence-corrected chi connectivity index (χ3v) is 3.95. The van der Waals surface area contributed by atoms with Gasteiger partial charge in [-0.3, -0.25) is 4.79 Å². The molecule has 0 radical (unpaired) electrons. The third-order valence-electron chi connectivity index (χ3n) is 3.95. The minimum atomic E-state index is -0.563. The second-order valence-corrected chi connectivity index (χ2v) is 7.63. The van der Waals surface area contributed by atoms with E-state index in [0.29, 0.717) is 24.6 Å². The van der Waals surface area contributed by atoms with Gasteiger partial charge in [0.15, 0.2) is 18.1 Å². The van der Waals surface area contributed by atoms with Crippen molar-refractivity contribution in [3.63, 3.8) is 0 Å². The molecular formula is C22H30N2O4. The second-order valence-electron chi connectivity index (χ2n) is 7.63. The standard InChI is InChI=1S/C22H30N2O4/c1-22(2,3)24-21(26)15-28-19-11-10-16(12-20(19)27-4)13-23-14-18(25)17-8-6-5-7-9-17/h5-12,18,23,25H,13-15H2,1-4H3,(H,24,26)/t18-/m1/s1. The number of methoxy groups -OCH3 is 1. The largest absolute Gasteiger partial charge is 0.493 e. The number of hydrogen-bond acceptors (Lipinski definition) is 5. The van der Waals surface area contributed by atoms with Gasteiger partial charge in [-0.15, -0.1) is 0 Å². The summed E-state index contributed by atoms with van der Waals surface area (Å²) in [4.78, 5) is 11.9. The quantitative estimate of drug-likeness (QED) is 0.618. The molecule has 0 spiro atoms. The molecule has 0 aromatic heterocycles. The molecule has 6 nitrogen and oxygen atoms in total. The van der Waals surface area contributed by atoms with Crippen LogP contribution in [0, 0.1) is 0 Å². The number of nitrogens with one attached hydrogen (secondary N) is 2. The molecule has 0 aliphatic carbocycles. The monoisotopic (exact) mass is 386 g/mol. The molecule has 1 atom stereocenters. The molecule has 2 rings (SSSR count). The third kappa shape index (κ3) is 7.21. The van der Waals surface area contributed by atoms with Gasteiger partial charge in [-0.1, -0.05) is 36.4 Å². The Morgan fingerprint density at radius 1 is 1.11 bits per heavy atom. The van der Waals surface area contributed by atoms with Crippen LogP contribution in [0.25, 0.3) is 0 Å². The Morgan fingerprint density at radius 2 is 1.82 bits per heavy atom. The summed E-state index contributed by atoms with van der Waals surface area (Å²) in [6.45, 7) is 6.70. The van der Waals surface area contributed by atoms with Crippen LogP contribution < -0.4 is 20.1 Å². The van der Waals surface area contributed by atoms with Crippen LogP contribution >= 0.6 is 0 Å². The first kappa shape index (κ1) is 21.7. The summed E-state index contributed by atoms with van der Waals surface area (Å²) in [6.07, 6.45) is -0.563. The molecule has 152 valence electrons. The van der Waals surface area contributed by atoms with Crippen molar-refractivity contribution in [3.8, 4) is 11.5 Å². The molecule has 6 heteroatoms. The number of aliphatic hydroxyl groups excluding tert-OH is 1. The number of carbonyl (C=O) groups excluding carboxylic acids is 1. The smallest absolute Gasteiger partial charge is 0.258 e. The molecule has 0 fully saturated rings. The van der Waals surface area contributed by atoms with Gasteiger partial charge in [-0.05, 0) is 44.0 Å². The number of aliphatic hydroxyl groups is 1. The van der Waals surface area contributed by atoms with Gasteiger partial charge < -0.3 is 25.2 Å². The van der Waals surface area contributed by atoms with E-state index in [9.17, 15) is 9.90 Å². The number of benzene rings is 2. The van der Waals surface area contributed by atoms with E-state index < -0.39 is 6.10 Å². The van der Waals surface area contributed by atoms with Crippen LogP contribution in [0.1, 0.15) is 38.0 Å². The summed E-state index contributed by atoms with van der Waals surface area (Å²) in [5, 5.41) is 16.3. The summed E-state index contributed by atoms with van der Waals surface area (Å²) in [6, 6.07) is 15.1. The average molecular weight is 386 g/mol. The topological polar surface area (TPSA) is 79.8 Å². The van der Waals surface area contributed by atoms with Gasteiger partial charge in [-0.25, -0.2) is 0 Å². The fourth-order valence-electron chi connectivity index (χ4n) is 2.69. The minimum Gasteiger partial charge on any atom is -0.493 e. The molecule has 0 unspecified atom stereocenters. The number of amides is 1. The first-order chi connectivity index (χ1) is 13.3. The molecule has 0 aliphatic rings. The lowest BCUT2D eigenvalue weighted by molar-refractivity contribution is -0.124. The van der Waals surface area contributed by atoms with E-state index in [1.54, 1.807) is 13.2 Å². The highest BCUT2D eigenvalue weighted by atomic mass is 16.5. The van der Waals surface area contributed by atoms with Crippen LogP contribution in [0.5, 0.6) is 11.5 Å². The van der Waals surface area contributed by atoms with Crippen molar-refractivity contribution in [2.75, 3.05) is 20.3 Å². The zero-order valence-corrected chi connectivity index (χ0v) is 17.0. The lowest BCUT2D eigenvalue weighted by Crippen LogP contribution is -2.43. The fraction of sp³-hybridized carbons (Fsp3) is 0.409. The van der Waals surface area contributed by atoms with Crippen molar-refractivity contribution in [3.05, 3.63) is 59.7 Å². The first-order valence-corrected chi connectivity index (χ1v) is 9.33. The van der Waals surface area contributed by atoms with Crippen LogP contribution in [-0.4, -0.2) is 36.8 Å². The van der Waals surface area contributed by atoms with E-state index in [4.69, 9.17) is 9.47 Å². The van der Waals surface area contributed by atoms with Crippen molar-refractivity contribution < 1.29 is 19.4 Å². The van der Waals surface area contributed by atoms with Gasteiger partial charge in [0.1, 0.15) is 0 Å². The van der Waals surface area contributed by atoms with Crippen molar-refractivity contribution in [2.45, 2.75) is 39.0 Å². The zero-order valence-electron chi connectivity index (χ0n) is 17.0. The number of ether oxygens (including phenoxy) is 2. The lowest BCUT2D eigenvalue weighted by atomic mass is 10.1. The fourth-order valence-corrected chi connectivity index (χ4v) is 2.69. The van der Waals surface area contributed by atoms with E-state index >= 15 is 0 Å². The Balaban J connectivity index is 1.87. The van der Waals surface area contributed by atoms with Gasteiger partial charge in [-0.2, -0.15) is 0 Å². The highest BCUT2D eigenvalue weighted by Gasteiger charge is 2.15. The lowest BCUT2D eigenvalue weighted by Gasteiger charge is -2.20. The highest BCUT2D eigenvalue weighted by Crippen LogP contribution is 2.28. The number of carbonyl (C=O) groups is 1. The van der Waals surface area contributed by atoms with Crippen LogP contribution in [-0.2, 0) is 11.3 Å². The Labute approximate surface area is 166 Å². The van der Waals surface area contributed by atoms with Gasteiger partial charge in [0.2, 0.25) is 0 Å². The second kappa shape index (κ2) is 10.1. The maximum Gasteiger partial charge on any atom is 0.258 e. The number of hydrogen-bond donors (Lipinski definition) is 3. The van der Waals surface area contributed by atoms with Gasteiger partial charge in [0, 0.05) is 18.6 Å². The van der Waals surface area contributed by atoms with Crippen LogP contribution in [0.3, 0.4) is 0 Å². The Morgan fingerprint density at radius 3 is 2.46 bits per heavy atom. The molecule has 0 saturated heterocycles.